The molecule has 0 bridgehead atoms. The second-order valence-corrected chi connectivity index (χ2v) is 5.27. The van der Waals surface area contributed by atoms with Crippen molar-refractivity contribution in [3.8, 4) is 11.6 Å². The van der Waals surface area contributed by atoms with E-state index in [0.29, 0.717) is 24.9 Å². The van der Waals surface area contributed by atoms with E-state index >= 15 is 0 Å². The van der Waals surface area contributed by atoms with Gasteiger partial charge in [0.15, 0.2) is 5.96 Å². The van der Waals surface area contributed by atoms with Gasteiger partial charge >= 0.3 is 0 Å². The zero-order chi connectivity index (χ0) is 17.4. The SMILES string of the molecule is CN=C(NCc1cccc(OC)n1)NCc1ccc(C)cc1OC. The number of hydrogen-bond donors (Lipinski definition) is 2. The molecule has 0 unspecified atom stereocenters. The van der Waals surface area contributed by atoms with Crippen LogP contribution in [0, 0.1) is 6.92 Å². The van der Waals surface area contributed by atoms with Crippen LogP contribution in [0.1, 0.15) is 16.8 Å². The minimum absolute atomic E-state index is 0.557. The van der Waals surface area contributed by atoms with Gasteiger partial charge in [-0.2, -0.15) is 0 Å². The maximum absolute atomic E-state index is 5.42. The van der Waals surface area contributed by atoms with Gasteiger partial charge in [-0.25, -0.2) is 4.98 Å². The first-order valence-corrected chi connectivity index (χ1v) is 7.74. The molecule has 1 aromatic heterocycles. The largest absolute Gasteiger partial charge is 0.496 e. The summed E-state index contributed by atoms with van der Waals surface area (Å²) in [5, 5.41) is 6.51. The van der Waals surface area contributed by atoms with Crippen molar-refractivity contribution in [1.29, 1.82) is 0 Å². The van der Waals surface area contributed by atoms with Crippen LogP contribution in [-0.4, -0.2) is 32.2 Å². The highest BCUT2D eigenvalue weighted by atomic mass is 16.5. The van der Waals surface area contributed by atoms with Crippen LogP contribution >= 0.6 is 0 Å². The normalized spacial score (nSPS) is 11.1. The monoisotopic (exact) mass is 328 g/mol. The fourth-order valence-corrected chi connectivity index (χ4v) is 2.24. The van der Waals surface area contributed by atoms with Crippen LogP contribution in [0.5, 0.6) is 11.6 Å². The van der Waals surface area contributed by atoms with Gasteiger partial charge < -0.3 is 20.1 Å². The number of nitrogens with zero attached hydrogens (tertiary/aromatic N) is 2. The Balaban J connectivity index is 1.93. The number of hydrogen-bond acceptors (Lipinski definition) is 4. The molecular formula is C18H24N4O2. The standard InChI is InChI=1S/C18H24N4O2/c1-13-8-9-14(16(10-13)23-3)11-20-18(19-2)21-12-15-6-5-7-17(22-15)24-4/h5-10H,11-12H2,1-4H3,(H2,19,20,21). The van der Waals surface area contributed by atoms with Crippen molar-refractivity contribution in [3.63, 3.8) is 0 Å². The lowest BCUT2D eigenvalue weighted by Gasteiger charge is -2.14. The predicted molar refractivity (Wildman–Crippen MR) is 95.6 cm³/mol. The van der Waals surface area contributed by atoms with Crippen LogP contribution in [0.25, 0.3) is 0 Å². The molecule has 2 N–H and O–H groups in total. The number of methoxy groups -OCH3 is 2. The van der Waals surface area contributed by atoms with E-state index in [-0.39, 0.29) is 0 Å². The molecule has 24 heavy (non-hydrogen) atoms. The Morgan fingerprint density at radius 3 is 2.58 bits per heavy atom. The van der Waals surface area contributed by atoms with E-state index in [0.717, 1.165) is 17.0 Å². The molecule has 2 aromatic rings. The van der Waals surface area contributed by atoms with E-state index < -0.39 is 0 Å². The Kier molecular flexibility index (Phi) is 6.42. The maximum atomic E-state index is 5.42. The van der Waals surface area contributed by atoms with E-state index in [9.17, 15) is 0 Å². The van der Waals surface area contributed by atoms with Crippen molar-refractivity contribution in [2.45, 2.75) is 20.0 Å². The Labute approximate surface area is 142 Å². The average Bonchev–Trinajstić information content (AvgIpc) is 2.62. The van der Waals surface area contributed by atoms with Gasteiger partial charge in [0.1, 0.15) is 5.75 Å². The molecule has 0 radical (unpaired) electrons. The molecule has 1 heterocycles. The Hall–Kier alpha value is -2.76. The topological polar surface area (TPSA) is 67.8 Å². The van der Waals surface area contributed by atoms with Gasteiger partial charge in [0.2, 0.25) is 5.88 Å². The Morgan fingerprint density at radius 1 is 1.08 bits per heavy atom. The van der Waals surface area contributed by atoms with Gasteiger partial charge in [0, 0.05) is 25.2 Å². The van der Waals surface area contributed by atoms with Crippen molar-refractivity contribution < 1.29 is 9.47 Å². The summed E-state index contributed by atoms with van der Waals surface area (Å²) in [6.45, 7) is 3.22. The third-order valence-electron chi connectivity index (χ3n) is 3.54. The molecule has 0 saturated heterocycles. The predicted octanol–water partition coefficient (Wildman–Crippen LogP) is 2.27. The van der Waals surface area contributed by atoms with Crippen LogP contribution in [0.15, 0.2) is 41.4 Å². The third kappa shape index (κ3) is 4.87. The molecule has 0 amide bonds. The number of benzene rings is 1. The average molecular weight is 328 g/mol. The summed E-state index contributed by atoms with van der Waals surface area (Å²) in [5.41, 5.74) is 3.12. The van der Waals surface area contributed by atoms with Gasteiger partial charge in [0.25, 0.3) is 0 Å². The molecule has 0 aliphatic rings. The summed E-state index contributed by atoms with van der Waals surface area (Å²) in [7, 11) is 5.02. The maximum Gasteiger partial charge on any atom is 0.213 e. The molecule has 1 aromatic carbocycles. The molecular weight excluding hydrogens is 304 g/mol. The molecule has 0 aliphatic heterocycles. The van der Waals surface area contributed by atoms with Gasteiger partial charge in [-0.05, 0) is 24.6 Å². The number of aromatic nitrogens is 1. The van der Waals surface area contributed by atoms with E-state index in [2.05, 4.69) is 32.7 Å². The lowest BCUT2D eigenvalue weighted by molar-refractivity contribution is 0.396. The smallest absolute Gasteiger partial charge is 0.213 e. The number of nitrogens with one attached hydrogen (secondary N) is 2. The second-order valence-electron chi connectivity index (χ2n) is 5.27. The van der Waals surface area contributed by atoms with Gasteiger partial charge in [-0.3, -0.25) is 4.99 Å². The molecule has 0 atom stereocenters. The van der Waals surface area contributed by atoms with Gasteiger partial charge in [-0.1, -0.05) is 18.2 Å². The molecule has 0 aliphatic carbocycles. The quantitative estimate of drug-likeness (QED) is 0.629. The Bertz CT molecular complexity index is 701. The summed E-state index contributed by atoms with van der Waals surface area (Å²) >= 11 is 0. The first kappa shape index (κ1) is 17.6. The number of pyridine rings is 1. The van der Waals surface area contributed by atoms with Crippen molar-refractivity contribution in [2.75, 3.05) is 21.3 Å². The molecule has 128 valence electrons. The lowest BCUT2D eigenvalue weighted by atomic mass is 10.1. The van der Waals surface area contributed by atoms with Crippen molar-refractivity contribution >= 4 is 5.96 Å². The molecule has 0 saturated carbocycles. The van der Waals surface area contributed by atoms with Crippen LogP contribution in [-0.2, 0) is 13.1 Å². The van der Waals surface area contributed by atoms with Crippen LogP contribution < -0.4 is 20.1 Å². The summed E-state index contributed by atoms with van der Waals surface area (Å²) in [5.74, 6) is 2.16. The highest BCUT2D eigenvalue weighted by molar-refractivity contribution is 5.79. The van der Waals surface area contributed by atoms with Crippen molar-refractivity contribution in [3.05, 3.63) is 53.2 Å². The number of ether oxygens (including phenoxy) is 2. The van der Waals surface area contributed by atoms with E-state index in [1.165, 1.54) is 5.56 Å². The fourth-order valence-electron chi connectivity index (χ4n) is 2.24. The second kappa shape index (κ2) is 8.76. The van der Waals surface area contributed by atoms with E-state index in [1.807, 2.05) is 31.2 Å². The van der Waals surface area contributed by atoms with E-state index in [1.54, 1.807) is 21.3 Å². The number of aliphatic imine (C=N–C) groups is 1. The zero-order valence-corrected chi connectivity index (χ0v) is 14.6. The summed E-state index contributed by atoms with van der Waals surface area (Å²) < 4.78 is 10.6. The first-order valence-electron chi connectivity index (χ1n) is 7.74. The Morgan fingerprint density at radius 2 is 1.88 bits per heavy atom. The van der Waals surface area contributed by atoms with Crippen molar-refractivity contribution in [2.24, 2.45) is 4.99 Å². The minimum atomic E-state index is 0.557. The molecule has 0 spiro atoms. The first-order chi connectivity index (χ1) is 11.7. The highest BCUT2D eigenvalue weighted by Gasteiger charge is 2.05. The number of guanidine groups is 1. The highest BCUT2D eigenvalue weighted by Crippen LogP contribution is 2.19. The summed E-state index contributed by atoms with van der Waals surface area (Å²) in [4.78, 5) is 8.59. The van der Waals surface area contributed by atoms with Gasteiger partial charge in [0.05, 0.1) is 26.5 Å². The van der Waals surface area contributed by atoms with Crippen molar-refractivity contribution in [1.82, 2.24) is 15.6 Å². The fraction of sp³-hybridized carbons (Fsp3) is 0.333. The van der Waals surface area contributed by atoms with Crippen LogP contribution in [0.4, 0.5) is 0 Å². The van der Waals surface area contributed by atoms with Gasteiger partial charge in [-0.15, -0.1) is 0 Å². The van der Waals surface area contributed by atoms with Crippen LogP contribution in [0.2, 0.25) is 0 Å². The summed E-state index contributed by atoms with van der Waals surface area (Å²) in [6, 6.07) is 11.8. The molecule has 0 fully saturated rings. The van der Waals surface area contributed by atoms with Crippen LogP contribution in [0.3, 0.4) is 0 Å². The molecule has 6 heteroatoms. The number of rotatable bonds is 6. The third-order valence-corrected chi connectivity index (χ3v) is 3.54. The number of aryl methyl sites for hydroxylation is 1. The minimum Gasteiger partial charge on any atom is -0.496 e. The zero-order valence-electron chi connectivity index (χ0n) is 14.6. The summed E-state index contributed by atoms with van der Waals surface area (Å²) in [6.07, 6.45) is 0. The molecule has 2 rings (SSSR count). The lowest BCUT2D eigenvalue weighted by Crippen LogP contribution is -2.36. The van der Waals surface area contributed by atoms with E-state index in [4.69, 9.17) is 9.47 Å². The molecule has 6 nitrogen and oxygen atoms in total.